The van der Waals surface area contributed by atoms with E-state index in [4.69, 9.17) is 7.85 Å². The minimum Gasteiger partial charge on any atom is -0.310 e. The third-order valence-corrected chi connectivity index (χ3v) is 5.28. The molecule has 2 aromatic heterocycles. The normalized spacial score (nSPS) is 10.6. The maximum absolute atomic E-state index is 5.97. The van der Waals surface area contributed by atoms with Crippen molar-refractivity contribution in [2.24, 2.45) is 0 Å². The molecule has 2 radical (unpaired) electrons. The van der Waals surface area contributed by atoms with Gasteiger partial charge in [0.05, 0.1) is 11.4 Å². The number of pyridine rings is 2. The van der Waals surface area contributed by atoms with E-state index in [2.05, 4.69) is 63.4 Å². The third kappa shape index (κ3) is 4.16. The van der Waals surface area contributed by atoms with Gasteiger partial charge in [0.25, 0.3) is 0 Å². The first-order valence-corrected chi connectivity index (χ1v) is 10.5. The number of hydrogen-bond donors (Lipinski definition) is 0. The zero-order valence-electron chi connectivity index (χ0n) is 17.5. The second kappa shape index (κ2) is 8.90. The summed E-state index contributed by atoms with van der Waals surface area (Å²) in [5.41, 5.74) is 7.83. The molecule has 0 aliphatic heterocycles. The topological polar surface area (TPSA) is 29.0 Å². The van der Waals surface area contributed by atoms with Gasteiger partial charge in [-0.25, -0.2) is 0 Å². The molecular weight excluding hydrogens is 389 g/mol. The summed E-state index contributed by atoms with van der Waals surface area (Å²) in [5.74, 6) is 0. The lowest BCUT2D eigenvalue weighted by atomic mass is 9.96. The lowest BCUT2D eigenvalue weighted by Crippen LogP contribution is -2.11. The largest absolute Gasteiger partial charge is 0.310 e. The van der Waals surface area contributed by atoms with Gasteiger partial charge < -0.3 is 4.90 Å². The van der Waals surface area contributed by atoms with Crippen molar-refractivity contribution in [2.75, 3.05) is 4.90 Å². The molecule has 0 amide bonds. The molecule has 2 heterocycles. The summed E-state index contributed by atoms with van der Waals surface area (Å²) in [6, 6.07) is 36.6. The molecule has 150 valence electrons. The molecule has 0 atom stereocenters. The van der Waals surface area contributed by atoms with Gasteiger partial charge >= 0.3 is 0 Å². The highest BCUT2D eigenvalue weighted by molar-refractivity contribution is 6.32. The molecule has 3 aromatic carbocycles. The van der Waals surface area contributed by atoms with Crippen LogP contribution in [0.2, 0.25) is 0 Å². The van der Waals surface area contributed by atoms with E-state index in [9.17, 15) is 0 Å². The first kappa shape index (κ1) is 19.8. The average molecular weight is 409 g/mol. The highest BCUT2D eigenvalue weighted by Gasteiger charge is 2.14. The molecule has 0 unspecified atom stereocenters. The Morgan fingerprint density at radius 2 is 1.03 bits per heavy atom. The molecule has 32 heavy (non-hydrogen) atoms. The van der Waals surface area contributed by atoms with E-state index in [0.717, 1.165) is 45.0 Å². The van der Waals surface area contributed by atoms with Crippen molar-refractivity contribution in [1.82, 2.24) is 9.97 Å². The fourth-order valence-electron chi connectivity index (χ4n) is 3.75. The number of nitrogens with zero attached hydrogens (tertiary/aromatic N) is 3. The zero-order valence-corrected chi connectivity index (χ0v) is 17.5. The average Bonchev–Trinajstić information content (AvgIpc) is 2.87. The smallest absolute Gasteiger partial charge is 0.113 e. The highest BCUT2D eigenvalue weighted by atomic mass is 15.1. The van der Waals surface area contributed by atoms with Gasteiger partial charge in [0, 0.05) is 40.6 Å². The Morgan fingerprint density at radius 3 is 1.50 bits per heavy atom. The number of hydrogen-bond acceptors (Lipinski definition) is 3. The van der Waals surface area contributed by atoms with Crippen LogP contribution in [0.1, 0.15) is 0 Å². The Labute approximate surface area is 189 Å². The van der Waals surface area contributed by atoms with Crippen LogP contribution < -0.4 is 10.4 Å². The molecule has 0 spiro atoms. The molecule has 5 aromatic rings. The van der Waals surface area contributed by atoms with Crippen LogP contribution >= 0.6 is 0 Å². The second-order valence-electron chi connectivity index (χ2n) is 7.46. The lowest BCUT2D eigenvalue weighted by molar-refractivity contribution is 1.27. The van der Waals surface area contributed by atoms with Gasteiger partial charge in [0.15, 0.2) is 0 Å². The first-order chi connectivity index (χ1) is 15.8. The molecule has 0 aliphatic rings. The standard InChI is InChI=1S/C28H20BN3/c29-23-13-15-24(16-14-23)32(25-9-5-7-21(19-25)27-11-1-3-17-30-27)26-10-6-8-22(20-26)28-12-2-4-18-31-28/h1-20H. The van der Waals surface area contributed by atoms with Gasteiger partial charge in [-0.1, -0.05) is 54.0 Å². The van der Waals surface area contributed by atoms with Gasteiger partial charge in [-0.2, -0.15) is 0 Å². The summed E-state index contributed by atoms with van der Waals surface area (Å²) in [5, 5.41) is 0. The molecule has 0 saturated carbocycles. The molecule has 0 bridgehead atoms. The van der Waals surface area contributed by atoms with E-state index in [1.807, 2.05) is 73.1 Å². The Hall–Kier alpha value is -4.18. The predicted molar refractivity (Wildman–Crippen MR) is 133 cm³/mol. The minimum absolute atomic E-state index is 0.734. The Morgan fingerprint density at radius 1 is 0.500 bits per heavy atom. The monoisotopic (exact) mass is 409 g/mol. The fourth-order valence-corrected chi connectivity index (χ4v) is 3.75. The van der Waals surface area contributed by atoms with Gasteiger partial charge in [0.1, 0.15) is 7.85 Å². The van der Waals surface area contributed by atoms with E-state index in [1.54, 1.807) is 0 Å². The first-order valence-electron chi connectivity index (χ1n) is 10.5. The van der Waals surface area contributed by atoms with Crippen LogP contribution in [0.15, 0.2) is 122 Å². The number of anilines is 3. The SMILES string of the molecule is [B]c1ccc(N(c2cccc(-c3ccccn3)c2)c2cccc(-c3ccccn3)c2)cc1. The molecule has 5 rings (SSSR count). The van der Waals surface area contributed by atoms with E-state index in [0.29, 0.717) is 0 Å². The molecule has 0 saturated heterocycles. The van der Waals surface area contributed by atoms with Crippen molar-refractivity contribution in [2.45, 2.75) is 0 Å². The van der Waals surface area contributed by atoms with E-state index in [1.165, 1.54) is 0 Å². The number of aromatic nitrogens is 2. The van der Waals surface area contributed by atoms with Crippen LogP contribution in [0.3, 0.4) is 0 Å². The van der Waals surface area contributed by atoms with Crippen molar-refractivity contribution in [3.8, 4) is 22.5 Å². The van der Waals surface area contributed by atoms with Crippen LogP contribution in [-0.4, -0.2) is 17.8 Å². The highest BCUT2D eigenvalue weighted by Crippen LogP contribution is 2.37. The van der Waals surface area contributed by atoms with Crippen LogP contribution in [0.5, 0.6) is 0 Å². The maximum Gasteiger partial charge on any atom is 0.113 e. The van der Waals surface area contributed by atoms with Gasteiger partial charge in [-0.05, 0) is 60.7 Å². The molecule has 0 N–H and O–H groups in total. The summed E-state index contributed by atoms with van der Waals surface area (Å²) in [4.78, 5) is 11.3. The number of benzene rings is 3. The summed E-state index contributed by atoms with van der Waals surface area (Å²) >= 11 is 0. The van der Waals surface area contributed by atoms with Gasteiger partial charge in [0.2, 0.25) is 0 Å². The van der Waals surface area contributed by atoms with Crippen molar-refractivity contribution < 1.29 is 0 Å². The quantitative estimate of drug-likeness (QED) is 0.330. The number of rotatable bonds is 5. The molecular formula is C28H20BN3. The summed E-state index contributed by atoms with van der Waals surface area (Å²) in [7, 11) is 5.97. The molecule has 0 fully saturated rings. The summed E-state index contributed by atoms with van der Waals surface area (Å²) in [6.07, 6.45) is 3.63. The van der Waals surface area contributed by atoms with Crippen molar-refractivity contribution in [3.05, 3.63) is 122 Å². The third-order valence-electron chi connectivity index (χ3n) is 5.28. The van der Waals surface area contributed by atoms with E-state index in [-0.39, 0.29) is 0 Å². The maximum atomic E-state index is 5.97. The van der Waals surface area contributed by atoms with Crippen LogP contribution in [0.4, 0.5) is 17.1 Å². The van der Waals surface area contributed by atoms with Crippen molar-refractivity contribution in [3.63, 3.8) is 0 Å². The molecule has 3 nitrogen and oxygen atoms in total. The Bertz CT molecular complexity index is 1240. The van der Waals surface area contributed by atoms with Crippen LogP contribution in [-0.2, 0) is 0 Å². The predicted octanol–water partition coefficient (Wildman–Crippen LogP) is 6.07. The second-order valence-corrected chi connectivity index (χ2v) is 7.46. The van der Waals surface area contributed by atoms with E-state index >= 15 is 0 Å². The zero-order chi connectivity index (χ0) is 21.8. The van der Waals surface area contributed by atoms with Crippen molar-refractivity contribution >= 4 is 30.4 Å². The van der Waals surface area contributed by atoms with Crippen LogP contribution in [0, 0.1) is 0 Å². The summed E-state index contributed by atoms with van der Waals surface area (Å²) < 4.78 is 0. The molecule has 0 aliphatic carbocycles. The minimum atomic E-state index is 0.734. The van der Waals surface area contributed by atoms with Crippen LogP contribution in [0.25, 0.3) is 22.5 Å². The van der Waals surface area contributed by atoms with Gasteiger partial charge in [-0.15, -0.1) is 0 Å². The fraction of sp³-hybridized carbons (Fsp3) is 0. The Balaban J connectivity index is 1.64. The molecule has 4 heteroatoms. The van der Waals surface area contributed by atoms with E-state index < -0.39 is 0 Å². The summed E-state index contributed by atoms with van der Waals surface area (Å²) in [6.45, 7) is 0. The van der Waals surface area contributed by atoms with Gasteiger partial charge in [-0.3, -0.25) is 9.97 Å². The lowest BCUT2D eigenvalue weighted by Gasteiger charge is -2.26. The van der Waals surface area contributed by atoms with Crippen molar-refractivity contribution in [1.29, 1.82) is 0 Å². The Kier molecular flexibility index (Phi) is 5.50.